The van der Waals surface area contributed by atoms with Crippen LogP contribution in [0.3, 0.4) is 0 Å². The molecule has 0 aliphatic heterocycles. The highest BCUT2D eigenvalue weighted by atomic mass is 19.1. The number of aromatic nitrogens is 6. The molecule has 0 aliphatic carbocycles. The summed E-state index contributed by atoms with van der Waals surface area (Å²) in [5, 5.41) is 6.77. The molecule has 0 saturated carbocycles. The molecule has 27 heavy (non-hydrogen) atoms. The van der Waals surface area contributed by atoms with Crippen molar-refractivity contribution in [2.24, 2.45) is 0 Å². The number of hydrogen-bond donors (Lipinski definition) is 1. The molecule has 4 aromatic rings. The number of halogens is 1. The van der Waals surface area contributed by atoms with Crippen LogP contribution in [0, 0.1) is 5.82 Å². The summed E-state index contributed by atoms with van der Waals surface area (Å²) in [5.74, 6) is -0.369. The summed E-state index contributed by atoms with van der Waals surface area (Å²) in [4.78, 5) is 24.5. The molecular weight excluding hydrogens is 349 g/mol. The number of pyridine rings is 1. The summed E-state index contributed by atoms with van der Waals surface area (Å²) in [6.07, 6.45) is 9.15. The van der Waals surface area contributed by atoms with Gasteiger partial charge in [-0.15, -0.1) is 0 Å². The van der Waals surface area contributed by atoms with Gasteiger partial charge in [0.25, 0.3) is 5.91 Å². The van der Waals surface area contributed by atoms with Crippen LogP contribution in [-0.4, -0.2) is 35.2 Å². The minimum Gasteiger partial charge on any atom is -0.348 e. The van der Waals surface area contributed by atoms with Gasteiger partial charge in [-0.2, -0.15) is 5.10 Å². The van der Waals surface area contributed by atoms with Gasteiger partial charge in [0, 0.05) is 25.1 Å². The van der Waals surface area contributed by atoms with Crippen LogP contribution in [0.1, 0.15) is 15.9 Å². The second-order valence-corrected chi connectivity index (χ2v) is 5.65. The number of carbonyl (C=O) groups is 1. The Morgan fingerprint density at radius 3 is 2.81 bits per heavy atom. The minimum absolute atomic E-state index is 0.172. The van der Waals surface area contributed by atoms with Crippen molar-refractivity contribution in [1.29, 1.82) is 0 Å². The number of imidazole rings is 1. The average molecular weight is 363 g/mol. The van der Waals surface area contributed by atoms with Crippen molar-refractivity contribution in [3.8, 4) is 11.5 Å². The molecule has 0 bridgehead atoms. The van der Waals surface area contributed by atoms with Gasteiger partial charge < -0.3 is 9.88 Å². The van der Waals surface area contributed by atoms with E-state index in [1.165, 1.54) is 29.7 Å². The first kappa shape index (κ1) is 16.6. The quantitative estimate of drug-likeness (QED) is 0.585. The van der Waals surface area contributed by atoms with Gasteiger partial charge >= 0.3 is 0 Å². The van der Waals surface area contributed by atoms with E-state index in [-0.39, 0.29) is 12.5 Å². The number of nitrogens with one attached hydrogen (secondary N) is 1. The molecule has 0 unspecified atom stereocenters. The molecule has 3 aromatic heterocycles. The van der Waals surface area contributed by atoms with Crippen molar-refractivity contribution in [3.05, 3.63) is 84.8 Å². The molecule has 134 valence electrons. The van der Waals surface area contributed by atoms with Crippen LogP contribution in [0.25, 0.3) is 11.5 Å². The third-order valence-electron chi connectivity index (χ3n) is 3.91. The van der Waals surface area contributed by atoms with Crippen molar-refractivity contribution in [2.45, 2.75) is 6.54 Å². The molecule has 0 atom stereocenters. The summed E-state index contributed by atoms with van der Waals surface area (Å²) in [5.41, 5.74) is 1.37. The van der Waals surface area contributed by atoms with Crippen molar-refractivity contribution in [2.75, 3.05) is 0 Å². The first-order chi connectivity index (χ1) is 13.2. The third kappa shape index (κ3) is 3.43. The molecule has 0 radical (unpaired) electrons. The van der Waals surface area contributed by atoms with E-state index < -0.39 is 5.82 Å². The second-order valence-electron chi connectivity index (χ2n) is 5.65. The van der Waals surface area contributed by atoms with Gasteiger partial charge in [0.1, 0.15) is 18.5 Å². The molecule has 0 fully saturated rings. The molecular formula is C18H14FN7O. The predicted molar refractivity (Wildman–Crippen MR) is 93.8 cm³/mol. The Balaban J connectivity index is 1.50. The zero-order chi connectivity index (χ0) is 18.6. The van der Waals surface area contributed by atoms with Crippen molar-refractivity contribution in [1.82, 2.24) is 34.6 Å². The van der Waals surface area contributed by atoms with Gasteiger partial charge in [-0.25, -0.2) is 24.0 Å². The van der Waals surface area contributed by atoms with E-state index in [9.17, 15) is 9.18 Å². The molecule has 9 heteroatoms. The van der Waals surface area contributed by atoms with E-state index in [2.05, 4.69) is 25.4 Å². The molecule has 3 heterocycles. The highest BCUT2D eigenvalue weighted by Gasteiger charge is 2.14. The van der Waals surface area contributed by atoms with Gasteiger partial charge in [0.15, 0.2) is 5.82 Å². The summed E-state index contributed by atoms with van der Waals surface area (Å²) in [6, 6.07) is 8.08. The second kappa shape index (κ2) is 7.16. The number of benzene rings is 1. The lowest BCUT2D eigenvalue weighted by molar-refractivity contribution is 0.0950. The Hall–Kier alpha value is -3.88. The maximum absolute atomic E-state index is 14.3. The molecule has 1 aromatic carbocycles. The Morgan fingerprint density at radius 2 is 2.07 bits per heavy atom. The topological polar surface area (TPSA) is 90.5 Å². The molecule has 0 saturated heterocycles. The number of carbonyl (C=O) groups excluding carboxylic acids is 1. The van der Waals surface area contributed by atoms with E-state index in [0.717, 1.165) is 0 Å². The van der Waals surface area contributed by atoms with Crippen molar-refractivity contribution in [3.63, 3.8) is 0 Å². The Kier molecular flexibility index (Phi) is 4.40. The summed E-state index contributed by atoms with van der Waals surface area (Å²) in [6.45, 7) is 0.172. The van der Waals surface area contributed by atoms with Gasteiger partial charge in [-0.05, 0) is 29.8 Å². The minimum atomic E-state index is -0.399. The normalized spacial score (nSPS) is 10.7. The third-order valence-corrected chi connectivity index (χ3v) is 3.91. The summed E-state index contributed by atoms with van der Waals surface area (Å²) < 4.78 is 17.3. The Bertz CT molecular complexity index is 1060. The van der Waals surface area contributed by atoms with Crippen LogP contribution >= 0.6 is 0 Å². The highest BCUT2D eigenvalue weighted by molar-refractivity contribution is 5.97. The van der Waals surface area contributed by atoms with Crippen molar-refractivity contribution < 1.29 is 9.18 Å². The van der Waals surface area contributed by atoms with Crippen LogP contribution in [-0.2, 0) is 6.54 Å². The van der Waals surface area contributed by atoms with Gasteiger partial charge in [-0.3, -0.25) is 4.79 Å². The molecule has 4 rings (SSSR count). The molecule has 1 amide bonds. The highest BCUT2D eigenvalue weighted by Crippen LogP contribution is 2.15. The molecule has 0 aliphatic rings. The monoisotopic (exact) mass is 363 g/mol. The van der Waals surface area contributed by atoms with Gasteiger partial charge in [-0.1, -0.05) is 6.07 Å². The van der Waals surface area contributed by atoms with Gasteiger partial charge in [0.2, 0.25) is 0 Å². The number of nitrogens with zero attached hydrogens (tertiary/aromatic N) is 6. The zero-order valence-electron chi connectivity index (χ0n) is 14.0. The van der Waals surface area contributed by atoms with E-state index in [4.69, 9.17) is 0 Å². The lowest BCUT2D eigenvalue weighted by Crippen LogP contribution is -2.25. The lowest BCUT2D eigenvalue weighted by Gasteiger charge is -2.10. The Morgan fingerprint density at radius 1 is 1.15 bits per heavy atom. The van der Waals surface area contributed by atoms with E-state index in [1.54, 1.807) is 47.4 Å². The zero-order valence-corrected chi connectivity index (χ0v) is 14.0. The number of amides is 1. The first-order valence-corrected chi connectivity index (χ1v) is 8.07. The molecule has 8 nitrogen and oxygen atoms in total. The average Bonchev–Trinajstić information content (AvgIpc) is 3.40. The summed E-state index contributed by atoms with van der Waals surface area (Å²) in [7, 11) is 0. The standard InChI is InChI=1S/C18H14FN7O/c19-15-8-13(3-4-16(15)25-7-6-20-11-25)9-23-18(27)14-2-1-5-22-17(14)26-12-21-10-24-26/h1-8,10-12H,9H2,(H,23,27). The van der Waals surface area contributed by atoms with Crippen LogP contribution in [0.5, 0.6) is 0 Å². The SMILES string of the molecule is O=C(NCc1ccc(-n2ccnc2)c(F)c1)c1cccnc1-n1cncn1. The number of rotatable bonds is 5. The fourth-order valence-electron chi connectivity index (χ4n) is 2.62. The maximum Gasteiger partial charge on any atom is 0.255 e. The van der Waals surface area contributed by atoms with Gasteiger partial charge in [0.05, 0.1) is 17.6 Å². The largest absolute Gasteiger partial charge is 0.348 e. The molecule has 1 N–H and O–H groups in total. The summed E-state index contributed by atoms with van der Waals surface area (Å²) >= 11 is 0. The predicted octanol–water partition coefficient (Wildman–Crippen LogP) is 1.92. The van der Waals surface area contributed by atoms with Crippen LogP contribution in [0.15, 0.2) is 67.9 Å². The first-order valence-electron chi connectivity index (χ1n) is 8.07. The lowest BCUT2D eigenvalue weighted by atomic mass is 10.1. The smallest absolute Gasteiger partial charge is 0.255 e. The molecule has 0 spiro atoms. The maximum atomic E-state index is 14.3. The van der Waals surface area contributed by atoms with Crippen molar-refractivity contribution >= 4 is 5.91 Å². The Labute approximate surface area is 153 Å². The van der Waals surface area contributed by atoms with E-state index in [0.29, 0.717) is 22.6 Å². The fourth-order valence-corrected chi connectivity index (χ4v) is 2.62. The fraction of sp³-hybridized carbons (Fsp3) is 0.0556. The number of hydrogen-bond acceptors (Lipinski definition) is 5. The van der Waals surface area contributed by atoms with Crippen LogP contribution < -0.4 is 5.32 Å². The van der Waals surface area contributed by atoms with Crippen LogP contribution in [0.4, 0.5) is 4.39 Å². The van der Waals surface area contributed by atoms with E-state index in [1.807, 2.05) is 0 Å². The van der Waals surface area contributed by atoms with E-state index >= 15 is 0 Å². The van der Waals surface area contributed by atoms with Crippen LogP contribution in [0.2, 0.25) is 0 Å².